The molecular formula is C20H20N2O4S. The zero-order valence-corrected chi connectivity index (χ0v) is 15.8. The van der Waals surface area contributed by atoms with Gasteiger partial charge >= 0.3 is 0 Å². The summed E-state index contributed by atoms with van der Waals surface area (Å²) >= 11 is 0. The van der Waals surface area contributed by atoms with E-state index in [0.717, 1.165) is 11.1 Å². The zero-order chi connectivity index (χ0) is 19.4. The fourth-order valence-electron chi connectivity index (χ4n) is 2.66. The highest BCUT2D eigenvalue weighted by molar-refractivity contribution is 7.92. The van der Waals surface area contributed by atoms with Crippen LogP contribution in [-0.4, -0.2) is 14.3 Å². The minimum absolute atomic E-state index is 0.0239. The van der Waals surface area contributed by atoms with E-state index in [4.69, 9.17) is 4.42 Å². The van der Waals surface area contributed by atoms with Gasteiger partial charge in [-0.05, 0) is 55.3 Å². The molecule has 0 bridgehead atoms. The van der Waals surface area contributed by atoms with Crippen molar-refractivity contribution in [3.8, 4) is 0 Å². The Hall–Kier alpha value is -3.06. The molecule has 0 atom stereocenters. The summed E-state index contributed by atoms with van der Waals surface area (Å²) in [6, 6.07) is 14.9. The summed E-state index contributed by atoms with van der Waals surface area (Å²) in [7, 11) is -3.82. The molecule has 1 aromatic heterocycles. The van der Waals surface area contributed by atoms with Gasteiger partial charge in [0.2, 0.25) is 0 Å². The van der Waals surface area contributed by atoms with Gasteiger partial charge in [0, 0.05) is 5.56 Å². The molecule has 0 fully saturated rings. The van der Waals surface area contributed by atoms with Gasteiger partial charge in [-0.15, -0.1) is 0 Å². The van der Waals surface area contributed by atoms with E-state index in [2.05, 4.69) is 10.0 Å². The quantitative estimate of drug-likeness (QED) is 0.679. The molecule has 0 aliphatic rings. The molecule has 3 rings (SSSR count). The second-order valence-electron chi connectivity index (χ2n) is 6.16. The van der Waals surface area contributed by atoms with Crippen LogP contribution in [0.15, 0.2) is 70.2 Å². The highest BCUT2D eigenvalue weighted by Gasteiger charge is 2.18. The van der Waals surface area contributed by atoms with Crippen LogP contribution in [0.4, 0.5) is 5.69 Å². The fraction of sp³-hybridized carbons (Fsp3) is 0.150. The van der Waals surface area contributed by atoms with Crippen LogP contribution in [0.3, 0.4) is 0 Å². The van der Waals surface area contributed by atoms with Gasteiger partial charge in [-0.1, -0.05) is 24.3 Å². The molecule has 0 saturated heterocycles. The molecular weight excluding hydrogens is 364 g/mol. The third kappa shape index (κ3) is 4.38. The van der Waals surface area contributed by atoms with Crippen molar-refractivity contribution < 1.29 is 17.6 Å². The molecule has 27 heavy (non-hydrogen) atoms. The van der Waals surface area contributed by atoms with Gasteiger partial charge in [0.05, 0.1) is 23.4 Å². The SMILES string of the molecule is Cc1cccc(C)c1NS(=O)(=O)c1cccc(C(=O)NCc2ccco2)c1. The number of furan rings is 1. The minimum atomic E-state index is -3.82. The largest absolute Gasteiger partial charge is 0.467 e. The van der Waals surface area contributed by atoms with Gasteiger partial charge in [-0.2, -0.15) is 0 Å². The first-order chi connectivity index (χ1) is 12.9. The van der Waals surface area contributed by atoms with E-state index < -0.39 is 10.0 Å². The van der Waals surface area contributed by atoms with Crippen LogP contribution in [0, 0.1) is 13.8 Å². The summed E-state index contributed by atoms with van der Waals surface area (Å²) < 4.78 is 33.3. The number of para-hydroxylation sites is 1. The summed E-state index contributed by atoms with van der Waals surface area (Å²) in [6.07, 6.45) is 1.52. The summed E-state index contributed by atoms with van der Waals surface area (Å²) in [5.74, 6) is 0.236. The number of amides is 1. The molecule has 2 aromatic carbocycles. The van der Waals surface area contributed by atoms with Gasteiger partial charge in [-0.25, -0.2) is 8.42 Å². The molecule has 0 radical (unpaired) electrons. The smallest absolute Gasteiger partial charge is 0.261 e. The van der Waals surface area contributed by atoms with Crippen molar-refractivity contribution in [2.45, 2.75) is 25.3 Å². The summed E-state index contributed by atoms with van der Waals surface area (Å²) in [5, 5.41) is 2.70. The predicted octanol–water partition coefficient (Wildman–Crippen LogP) is 3.63. The van der Waals surface area contributed by atoms with Crippen molar-refractivity contribution in [1.82, 2.24) is 5.32 Å². The highest BCUT2D eigenvalue weighted by atomic mass is 32.2. The Labute approximate surface area is 158 Å². The van der Waals surface area contributed by atoms with Gasteiger partial charge in [0.25, 0.3) is 15.9 Å². The Morgan fingerprint density at radius 1 is 1.00 bits per heavy atom. The van der Waals surface area contributed by atoms with Crippen molar-refractivity contribution >= 4 is 21.6 Å². The third-order valence-electron chi connectivity index (χ3n) is 4.13. The lowest BCUT2D eigenvalue weighted by molar-refractivity contribution is 0.0948. The van der Waals surface area contributed by atoms with Crippen LogP contribution >= 0.6 is 0 Å². The third-order valence-corrected chi connectivity index (χ3v) is 5.47. The second-order valence-corrected chi connectivity index (χ2v) is 7.84. The Morgan fingerprint density at radius 2 is 1.70 bits per heavy atom. The average molecular weight is 384 g/mol. The van der Waals surface area contributed by atoms with Crippen LogP contribution in [0.5, 0.6) is 0 Å². The maximum absolute atomic E-state index is 12.8. The molecule has 2 N–H and O–H groups in total. The van der Waals surface area contributed by atoms with Crippen LogP contribution < -0.4 is 10.0 Å². The van der Waals surface area contributed by atoms with E-state index in [9.17, 15) is 13.2 Å². The van der Waals surface area contributed by atoms with E-state index in [-0.39, 0.29) is 22.9 Å². The fourth-order valence-corrected chi connectivity index (χ4v) is 3.90. The van der Waals surface area contributed by atoms with Crippen molar-refractivity contribution in [3.05, 3.63) is 83.3 Å². The normalized spacial score (nSPS) is 11.2. The Morgan fingerprint density at radius 3 is 2.37 bits per heavy atom. The number of hydrogen-bond donors (Lipinski definition) is 2. The summed E-state index contributed by atoms with van der Waals surface area (Å²) in [6.45, 7) is 3.90. The molecule has 0 spiro atoms. The number of aryl methyl sites for hydroxylation is 2. The van der Waals surface area contributed by atoms with E-state index >= 15 is 0 Å². The van der Waals surface area contributed by atoms with E-state index in [1.165, 1.54) is 18.4 Å². The van der Waals surface area contributed by atoms with Crippen LogP contribution in [0.25, 0.3) is 0 Å². The van der Waals surface area contributed by atoms with Gasteiger partial charge in [-0.3, -0.25) is 9.52 Å². The molecule has 6 nitrogen and oxygen atoms in total. The van der Waals surface area contributed by atoms with Crippen molar-refractivity contribution in [2.24, 2.45) is 0 Å². The van der Waals surface area contributed by atoms with Gasteiger partial charge in [0.15, 0.2) is 0 Å². The number of carbonyl (C=O) groups excluding carboxylic acids is 1. The van der Waals surface area contributed by atoms with Crippen molar-refractivity contribution in [3.63, 3.8) is 0 Å². The zero-order valence-electron chi connectivity index (χ0n) is 15.0. The predicted molar refractivity (Wildman–Crippen MR) is 103 cm³/mol. The molecule has 0 aliphatic heterocycles. The Bertz CT molecular complexity index is 1040. The van der Waals surface area contributed by atoms with Crippen LogP contribution in [0.1, 0.15) is 27.2 Å². The number of rotatable bonds is 6. The number of sulfonamides is 1. The highest BCUT2D eigenvalue weighted by Crippen LogP contribution is 2.23. The van der Waals surface area contributed by atoms with Crippen LogP contribution in [0.2, 0.25) is 0 Å². The monoisotopic (exact) mass is 384 g/mol. The molecule has 7 heteroatoms. The lowest BCUT2D eigenvalue weighted by Crippen LogP contribution is -2.23. The van der Waals surface area contributed by atoms with E-state index in [0.29, 0.717) is 11.4 Å². The maximum atomic E-state index is 12.8. The van der Waals surface area contributed by atoms with E-state index in [1.807, 2.05) is 32.0 Å². The van der Waals surface area contributed by atoms with Gasteiger partial charge in [0.1, 0.15) is 5.76 Å². The molecule has 0 aliphatic carbocycles. The number of hydrogen-bond acceptors (Lipinski definition) is 4. The minimum Gasteiger partial charge on any atom is -0.467 e. The lowest BCUT2D eigenvalue weighted by atomic mass is 10.1. The first-order valence-corrected chi connectivity index (χ1v) is 9.85. The molecule has 0 unspecified atom stereocenters. The topological polar surface area (TPSA) is 88.4 Å². The van der Waals surface area contributed by atoms with Crippen LogP contribution in [-0.2, 0) is 16.6 Å². The van der Waals surface area contributed by atoms with Gasteiger partial charge < -0.3 is 9.73 Å². The summed E-state index contributed by atoms with van der Waals surface area (Å²) in [5.41, 5.74) is 2.45. The first kappa shape index (κ1) is 18.7. The second kappa shape index (κ2) is 7.67. The standard InChI is InChI=1S/C20H20N2O4S/c1-14-6-3-7-15(2)19(14)22-27(24,25)18-10-4-8-16(12-18)20(23)21-13-17-9-5-11-26-17/h3-12,22H,13H2,1-2H3,(H,21,23). The van der Waals surface area contributed by atoms with E-state index in [1.54, 1.807) is 24.3 Å². The molecule has 0 saturated carbocycles. The number of carbonyl (C=O) groups is 1. The average Bonchev–Trinajstić information content (AvgIpc) is 3.17. The molecule has 1 amide bonds. The number of nitrogens with one attached hydrogen (secondary N) is 2. The Balaban J connectivity index is 1.80. The first-order valence-electron chi connectivity index (χ1n) is 8.36. The van der Waals surface area contributed by atoms with Crippen molar-refractivity contribution in [2.75, 3.05) is 4.72 Å². The van der Waals surface area contributed by atoms with Crippen molar-refractivity contribution in [1.29, 1.82) is 0 Å². The number of anilines is 1. The summed E-state index contributed by atoms with van der Waals surface area (Å²) in [4.78, 5) is 12.3. The Kier molecular flexibility index (Phi) is 5.32. The molecule has 140 valence electrons. The molecule has 1 heterocycles. The number of benzene rings is 2. The lowest BCUT2D eigenvalue weighted by Gasteiger charge is -2.13. The maximum Gasteiger partial charge on any atom is 0.261 e. The molecule has 3 aromatic rings.